The van der Waals surface area contributed by atoms with Crippen molar-refractivity contribution < 1.29 is 27.9 Å². The smallest absolute Gasteiger partial charge is 0.433 e. The molecule has 1 fully saturated rings. The number of carboxylic acid groups (broad SMARTS) is 1. The molecular formula is C13H14F3N3O3. The number of carboxylic acids is 1. The van der Waals surface area contributed by atoms with Gasteiger partial charge in [0, 0.05) is 25.8 Å². The predicted molar refractivity (Wildman–Crippen MR) is 68.8 cm³/mol. The number of alkyl halides is 3. The number of aliphatic carboxylic acids is 1. The lowest BCUT2D eigenvalue weighted by atomic mass is 10.1. The molecule has 6 nitrogen and oxygen atoms in total. The summed E-state index contributed by atoms with van der Waals surface area (Å²) in [5.74, 6) is -1.55. The molecule has 0 spiro atoms. The minimum Gasteiger partial charge on any atom is -0.481 e. The molecule has 1 aliphatic rings. The van der Waals surface area contributed by atoms with E-state index in [1.807, 2.05) is 0 Å². The van der Waals surface area contributed by atoms with Gasteiger partial charge >= 0.3 is 18.2 Å². The van der Waals surface area contributed by atoms with Crippen molar-refractivity contribution in [3.05, 3.63) is 29.6 Å². The molecule has 0 aliphatic carbocycles. The number of pyridine rings is 1. The molecule has 2 amide bonds. The zero-order chi connectivity index (χ0) is 16.3. The van der Waals surface area contributed by atoms with Crippen LogP contribution in [0.15, 0.2) is 18.3 Å². The third-order valence-electron chi connectivity index (χ3n) is 3.38. The van der Waals surface area contributed by atoms with Gasteiger partial charge in [0.2, 0.25) is 0 Å². The van der Waals surface area contributed by atoms with Crippen LogP contribution in [0.1, 0.15) is 17.7 Å². The number of nitrogens with zero attached hydrogens (tertiary/aromatic N) is 2. The van der Waals surface area contributed by atoms with E-state index in [1.54, 1.807) is 0 Å². The summed E-state index contributed by atoms with van der Waals surface area (Å²) >= 11 is 0. The van der Waals surface area contributed by atoms with Gasteiger partial charge in [-0.15, -0.1) is 0 Å². The Kier molecular flexibility index (Phi) is 4.53. The molecule has 2 heterocycles. The molecule has 1 aromatic rings. The summed E-state index contributed by atoms with van der Waals surface area (Å²) in [6.07, 6.45) is -3.14. The molecule has 1 aliphatic heterocycles. The maximum atomic E-state index is 12.5. The second-order valence-corrected chi connectivity index (χ2v) is 4.98. The Bertz CT molecular complexity index is 577. The van der Waals surface area contributed by atoms with Crippen molar-refractivity contribution in [2.45, 2.75) is 19.1 Å². The lowest BCUT2D eigenvalue weighted by Gasteiger charge is -2.17. The Balaban J connectivity index is 1.91. The minimum atomic E-state index is -4.54. The number of aromatic nitrogens is 1. The first-order valence-corrected chi connectivity index (χ1v) is 6.55. The summed E-state index contributed by atoms with van der Waals surface area (Å²) < 4.78 is 37.6. The summed E-state index contributed by atoms with van der Waals surface area (Å²) in [5.41, 5.74) is -0.754. The van der Waals surface area contributed by atoms with E-state index in [2.05, 4.69) is 10.3 Å². The highest BCUT2D eigenvalue weighted by atomic mass is 19.4. The molecule has 9 heteroatoms. The first-order chi connectivity index (χ1) is 10.3. The van der Waals surface area contributed by atoms with Gasteiger partial charge in [0.1, 0.15) is 5.69 Å². The molecule has 0 bridgehead atoms. The van der Waals surface area contributed by atoms with E-state index < -0.39 is 29.8 Å². The maximum Gasteiger partial charge on any atom is 0.433 e. The molecule has 0 radical (unpaired) electrons. The molecule has 1 unspecified atom stereocenters. The lowest BCUT2D eigenvalue weighted by Crippen LogP contribution is -2.38. The highest BCUT2D eigenvalue weighted by molar-refractivity contribution is 5.77. The normalized spacial score (nSPS) is 18.3. The van der Waals surface area contributed by atoms with E-state index in [0.717, 1.165) is 12.3 Å². The van der Waals surface area contributed by atoms with Crippen molar-refractivity contribution in [3.8, 4) is 0 Å². The topological polar surface area (TPSA) is 82.5 Å². The van der Waals surface area contributed by atoms with Crippen LogP contribution in [0.5, 0.6) is 0 Å². The first-order valence-electron chi connectivity index (χ1n) is 6.55. The Hall–Kier alpha value is -2.32. The highest BCUT2D eigenvalue weighted by Gasteiger charge is 2.33. The molecule has 0 aromatic carbocycles. The van der Waals surface area contributed by atoms with Crippen LogP contribution in [0.3, 0.4) is 0 Å². The van der Waals surface area contributed by atoms with Crippen molar-refractivity contribution in [1.29, 1.82) is 0 Å². The number of amides is 2. The summed E-state index contributed by atoms with van der Waals surface area (Å²) in [5, 5.41) is 11.3. The van der Waals surface area contributed by atoms with Gasteiger partial charge in [0.25, 0.3) is 0 Å². The molecule has 1 atom stereocenters. The van der Waals surface area contributed by atoms with E-state index in [4.69, 9.17) is 5.11 Å². The van der Waals surface area contributed by atoms with Gasteiger partial charge in [0.05, 0.1) is 5.92 Å². The highest BCUT2D eigenvalue weighted by Crippen LogP contribution is 2.27. The summed E-state index contributed by atoms with van der Waals surface area (Å²) in [7, 11) is 0. The molecule has 2 N–H and O–H groups in total. The second kappa shape index (κ2) is 6.20. The van der Waals surface area contributed by atoms with Gasteiger partial charge in [-0.25, -0.2) is 4.79 Å². The number of nitrogens with one attached hydrogen (secondary N) is 1. The number of urea groups is 1. The van der Waals surface area contributed by atoms with Crippen molar-refractivity contribution in [2.24, 2.45) is 5.92 Å². The van der Waals surface area contributed by atoms with Crippen LogP contribution in [-0.4, -0.2) is 40.1 Å². The van der Waals surface area contributed by atoms with Gasteiger partial charge in [-0.05, 0) is 24.1 Å². The zero-order valence-electron chi connectivity index (χ0n) is 11.4. The van der Waals surface area contributed by atoms with Crippen molar-refractivity contribution in [2.75, 3.05) is 13.1 Å². The zero-order valence-corrected chi connectivity index (χ0v) is 11.4. The number of likely N-dealkylation sites (tertiary alicyclic amines) is 1. The molecule has 22 heavy (non-hydrogen) atoms. The van der Waals surface area contributed by atoms with Crippen LogP contribution in [0.4, 0.5) is 18.0 Å². The SMILES string of the molecule is O=C(O)C1CCN(C(=O)NCc2ccnc(C(F)(F)F)c2)C1. The Morgan fingerprint density at radius 1 is 1.45 bits per heavy atom. The van der Waals surface area contributed by atoms with Crippen LogP contribution < -0.4 is 5.32 Å². The quantitative estimate of drug-likeness (QED) is 0.889. The number of hydrogen-bond donors (Lipinski definition) is 2. The second-order valence-electron chi connectivity index (χ2n) is 4.98. The minimum absolute atomic E-state index is 0.0847. The fraction of sp³-hybridized carbons (Fsp3) is 0.462. The third kappa shape index (κ3) is 3.86. The Morgan fingerprint density at radius 3 is 2.77 bits per heavy atom. The summed E-state index contributed by atoms with van der Waals surface area (Å²) in [6.45, 7) is 0.330. The number of carbonyl (C=O) groups excluding carboxylic acids is 1. The Labute approximate surface area is 123 Å². The van der Waals surface area contributed by atoms with Gasteiger partial charge in [-0.2, -0.15) is 13.2 Å². The van der Waals surface area contributed by atoms with Crippen LogP contribution in [0.25, 0.3) is 0 Å². The van der Waals surface area contributed by atoms with Crippen molar-refractivity contribution in [3.63, 3.8) is 0 Å². The molecule has 120 valence electrons. The van der Waals surface area contributed by atoms with Crippen LogP contribution in [0.2, 0.25) is 0 Å². The molecule has 2 rings (SSSR count). The van der Waals surface area contributed by atoms with Crippen LogP contribution in [-0.2, 0) is 17.5 Å². The number of carbonyl (C=O) groups is 2. The average molecular weight is 317 g/mol. The first kappa shape index (κ1) is 16.1. The third-order valence-corrected chi connectivity index (χ3v) is 3.38. The average Bonchev–Trinajstić information content (AvgIpc) is 2.94. The van der Waals surface area contributed by atoms with Crippen molar-refractivity contribution >= 4 is 12.0 Å². The van der Waals surface area contributed by atoms with Gasteiger partial charge in [-0.1, -0.05) is 0 Å². The number of rotatable bonds is 3. The van der Waals surface area contributed by atoms with E-state index in [0.29, 0.717) is 13.0 Å². The van der Waals surface area contributed by atoms with E-state index in [9.17, 15) is 22.8 Å². The van der Waals surface area contributed by atoms with Gasteiger partial charge in [0.15, 0.2) is 0 Å². The van der Waals surface area contributed by atoms with Crippen molar-refractivity contribution in [1.82, 2.24) is 15.2 Å². The fourth-order valence-electron chi connectivity index (χ4n) is 2.18. The predicted octanol–water partition coefficient (Wildman–Crippen LogP) is 1.72. The lowest BCUT2D eigenvalue weighted by molar-refractivity contribution is -0.142. The Morgan fingerprint density at radius 2 is 2.18 bits per heavy atom. The van der Waals surface area contributed by atoms with E-state index in [1.165, 1.54) is 11.0 Å². The van der Waals surface area contributed by atoms with Gasteiger partial charge in [-0.3, -0.25) is 9.78 Å². The summed E-state index contributed by atoms with van der Waals surface area (Å²) in [4.78, 5) is 27.2. The maximum absolute atomic E-state index is 12.5. The number of hydrogen-bond acceptors (Lipinski definition) is 3. The molecule has 0 saturated carbocycles. The van der Waals surface area contributed by atoms with Gasteiger partial charge < -0.3 is 15.3 Å². The van der Waals surface area contributed by atoms with Crippen LogP contribution in [0, 0.1) is 5.92 Å². The van der Waals surface area contributed by atoms with E-state index in [-0.39, 0.29) is 18.7 Å². The van der Waals surface area contributed by atoms with Crippen LogP contribution >= 0.6 is 0 Å². The molecule has 1 aromatic heterocycles. The monoisotopic (exact) mass is 317 g/mol. The standard InChI is InChI=1S/C13H14F3N3O3/c14-13(15,16)10-5-8(1-3-17-10)6-18-12(22)19-4-2-9(7-19)11(20)21/h1,3,5,9H,2,4,6-7H2,(H,18,22)(H,20,21). The van der Waals surface area contributed by atoms with E-state index >= 15 is 0 Å². The molecular weight excluding hydrogens is 303 g/mol. The molecule has 1 saturated heterocycles. The number of halogens is 3. The fourth-order valence-corrected chi connectivity index (χ4v) is 2.18. The largest absolute Gasteiger partial charge is 0.481 e. The summed E-state index contributed by atoms with van der Waals surface area (Å²) in [6, 6.07) is 1.75.